The quantitative estimate of drug-likeness (QED) is 0.861. The van der Waals surface area contributed by atoms with Crippen molar-refractivity contribution in [1.82, 2.24) is 0 Å². The molecule has 3 heteroatoms. The van der Waals surface area contributed by atoms with Crippen molar-refractivity contribution in [3.8, 4) is 5.75 Å². The van der Waals surface area contributed by atoms with E-state index in [9.17, 15) is 9.90 Å². The fraction of sp³-hybridized carbons (Fsp3) is 0.611. The molecule has 2 aliphatic rings. The van der Waals surface area contributed by atoms with Crippen molar-refractivity contribution in [3.63, 3.8) is 0 Å². The molecule has 1 aromatic carbocycles. The van der Waals surface area contributed by atoms with E-state index in [1.165, 1.54) is 0 Å². The number of carbonyl (C=O) groups is 1. The normalized spacial score (nSPS) is 31.0. The number of hydrogen-bond acceptors (Lipinski definition) is 3. The minimum absolute atomic E-state index is 0.00872. The number of benzene rings is 1. The molecule has 0 aliphatic heterocycles. The zero-order valence-corrected chi connectivity index (χ0v) is 13.1. The molecule has 0 spiro atoms. The highest BCUT2D eigenvalue weighted by molar-refractivity contribution is 5.98. The first-order chi connectivity index (χ1) is 9.86. The zero-order chi connectivity index (χ0) is 15.3. The summed E-state index contributed by atoms with van der Waals surface area (Å²) >= 11 is 0. The summed E-state index contributed by atoms with van der Waals surface area (Å²) in [4.78, 5) is 12.6. The molecule has 0 heterocycles. The van der Waals surface area contributed by atoms with Crippen molar-refractivity contribution in [2.45, 2.75) is 51.6 Å². The maximum absolute atomic E-state index is 12.6. The predicted molar refractivity (Wildman–Crippen MR) is 81.7 cm³/mol. The molecule has 3 nitrogen and oxygen atoms in total. The third-order valence-corrected chi connectivity index (χ3v) is 5.52. The maximum Gasteiger partial charge on any atom is 0.163 e. The first-order valence-corrected chi connectivity index (χ1v) is 7.78. The van der Waals surface area contributed by atoms with Gasteiger partial charge in [-0.25, -0.2) is 0 Å². The molecule has 1 aromatic rings. The molecule has 0 bridgehead atoms. The van der Waals surface area contributed by atoms with Gasteiger partial charge in [0.25, 0.3) is 0 Å². The lowest BCUT2D eigenvalue weighted by Crippen LogP contribution is -2.50. The van der Waals surface area contributed by atoms with Gasteiger partial charge in [-0.15, -0.1) is 0 Å². The molecular weight excluding hydrogens is 264 g/mol. The highest BCUT2D eigenvalue weighted by atomic mass is 16.5. The van der Waals surface area contributed by atoms with E-state index in [1.807, 2.05) is 18.2 Å². The summed E-state index contributed by atoms with van der Waals surface area (Å²) in [5.41, 5.74) is 0.931. The molecule has 0 unspecified atom stereocenters. The van der Waals surface area contributed by atoms with E-state index < -0.39 is 5.60 Å². The minimum Gasteiger partial charge on any atom is -0.497 e. The lowest BCUT2D eigenvalue weighted by molar-refractivity contribution is -0.0992. The van der Waals surface area contributed by atoms with E-state index in [-0.39, 0.29) is 17.1 Å². The van der Waals surface area contributed by atoms with E-state index in [4.69, 9.17) is 4.74 Å². The summed E-state index contributed by atoms with van der Waals surface area (Å²) < 4.78 is 5.27. The highest BCUT2D eigenvalue weighted by Gasteiger charge is 2.50. The average molecular weight is 288 g/mol. The number of carbonyl (C=O) groups excluding carboxylic acids is 1. The molecule has 0 aromatic heterocycles. The Bertz CT molecular complexity index is 576. The van der Waals surface area contributed by atoms with E-state index >= 15 is 0 Å². The number of ether oxygens (including phenoxy) is 1. The molecule has 21 heavy (non-hydrogen) atoms. The van der Waals surface area contributed by atoms with Gasteiger partial charge in [0.05, 0.1) is 12.7 Å². The second-order valence-electron chi connectivity index (χ2n) is 7.33. The van der Waals surface area contributed by atoms with E-state index in [2.05, 4.69) is 13.8 Å². The standard InChI is InChI=1S/C18H24O3/c1-17(2)7-4-8-18(20)11-12-9-13(21-3)5-6-14(12)15(19)10-16(17)18/h5-6,9,16,20H,4,7-8,10-11H2,1-3H3/t16-,18-/m1/s1. The average Bonchev–Trinajstić information content (AvgIpc) is 2.53. The number of hydrogen-bond donors (Lipinski definition) is 1. The Hall–Kier alpha value is -1.35. The van der Waals surface area contributed by atoms with Gasteiger partial charge in [-0.05, 0) is 42.0 Å². The summed E-state index contributed by atoms with van der Waals surface area (Å²) in [7, 11) is 1.63. The van der Waals surface area contributed by atoms with Crippen molar-refractivity contribution < 1.29 is 14.6 Å². The SMILES string of the molecule is COc1ccc2c(c1)C[C@]1(O)CCCC(C)(C)[C@H]1CC2=O. The molecule has 0 saturated heterocycles. The van der Waals surface area contributed by atoms with Crippen LogP contribution in [0.3, 0.4) is 0 Å². The summed E-state index contributed by atoms with van der Waals surface area (Å²) in [6.07, 6.45) is 3.88. The molecule has 3 rings (SSSR count). The lowest BCUT2D eigenvalue weighted by Gasteiger charge is -2.48. The third kappa shape index (κ3) is 2.38. The van der Waals surface area contributed by atoms with Gasteiger partial charge in [-0.1, -0.05) is 20.3 Å². The molecule has 1 N–H and O–H groups in total. The van der Waals surface area contributed by atoms with Crippen LogP contribution in [-0.4, -0.2) is 23.6 Å². The van der Waals surface area contributed by atoms with E-state index in [1.54, 1.807) is 7.11 Å². The Kier molecular flexibility index (Phi) is 3.36. The summed E-state index contributed by atoms with van der Waals surface area (Å²) in [6, 6.07) is 5.60. The first kappa shape index (κ1) is 14.6. The van der Waals surface area contributed by atoms with Gasteiger partial charge in [0.2, 0.25) is 0 Å². The smallest absolute Gasteiger partial charge is 0.163 e. The van der Waals surface area contributed by atoms with Crippen molar-refractivity contribution in [2.24, 2.45) is 11.3 Å². The Morgan fingerprint density at radius 1 is 1.29 bits per heavy atom. The predicted octanol–water partition coefficient (Wildman–Crippen LogP) is 3.38. The fourth-order valence-electron chi connectivity index (χ4n) is 4.34. The molecule has 1 fully saturated rings. The zero-order valence-electron chi connectivity index (χ0n) is 13.1. The fourth-order valence-corrected chi connectivity index (χ4v) is 4.34. The summed E-state index contributed by atoms with van der Waals surface area (Å²) in [5.74, 6) is 0.937. The Balaban J connectivity index is 2.07. The number of rotatable bonds is 1. The van der Waals surface area contributed by atoms with E-state index in [0.717, 1.165) is 36.1 Å². The van der Waals surface area contributed by atoms with Crippen LogP contribution >= 0.6 is 0 Å². The van der Waals surface area contributed by atoms with Gasteiger partial charge in [-0.2, -0.15) is 0 Å². The van der Waals surface area contributed by atoms with Crippen LogP contribution in [0.1, 0.15) is 55.5 Å². The van der Waals surface area contributed by atoms with Crippen molar-refractivity contribution >= 4 is 5.78 Å². The van der Waals surface area contributed by atoms with Gasteiger partial charge < -0.3 is 9.84 Å². The van der Waals surface area contributed by atoms with Crippen LogP contribution in [0, 0.1) is 11.3 Å². The molecule has 0 radical (unpaired) electrons. The van der Waals surface area contributed by atoms with Crippen LogP contribution in [0.15, 0.2) is 18.2 Å². The number of Topliss-reactive ketones (excluding diaryl/α,β-unsaturated/α-hetero) is 1. The molecule has 114 valence electrons. The molecular formula is C18H24O3. The highest BCUT2D eigenvalue weighted by Crippen LogP contribution is 2.51. The third-order valence-electron chi connectivity index (χ3n) is 5.52. The summed E-state index contributed by atoms with van der Waals surface area (Å²) in [5, 5.41) is 11.2. The monoisotopic (exact) mass is 288 g/mol. The number of aliphatic hydroxyl groups is 1. The van der Waals surface area contributed by atoms with Crippen LogP contribution in [-0.2, 0) is 6.42 Å². The van der Waals surface area contributed by atoms with Gasteiger partial charge in [-0.3, -0.25) is 4.79 Å². The van der Waals surface area contributed by atoms with Gasteiger partial charge in [0, 0.05) is 24.3 Å². The topological polar surface area (TPSA) is 46.5 Å². The van der Waals surface area contributed by atoms with Crippen LogP contribution in [0.4, 0.5) is 0 Å². The molecule has 2 atom stereocenters. The second kappa shape index (κ2) is 4.84. The van der Waals surface area contributed by atoms with Gasteiger partial charge >= 0.3 is 0 Å². The minimum atomic E-state index is -0.769. The van der Waals surface area contributed by atoms with Crippen LogP contribution < -0.4 is 4.74 Å². The lowest BCUT2D eigenvalue weighted by atomic mass is 9.59. The van der Waals surface area contributed by atoms with Crippen LogP contribution in [0.5, 0.6) is 5.75 Å². The second-order valence-corrected chi connectivity index (χ2v) is 7.33. The number of ketones is 1. The van der Waals surface area contributed by atoms with Crippen LogP contribution in [0.25, 0.3) is 0 Å². The Morgan fingerprint density at radius 3 is 2.76 bits per heavy atom. The number of methoxy groups -OCH3 is 1. The van der Waals surface area contributed by atoms with Gasteiger partial charge in [0.1, 0.15) is 5.75 Å². The maximum atomic E-state index is 12.6. The Morgan fingerprint density at radius 2 is 2.05 bits per heavy atom. The van der Waals surface area contributed by atoms with Crippen LogP contribution in [0.2, 0.25) is 0 Å². The molecule has 2 aliphatic carbocycles. The Labute approximate surface area is 126 Å². The summed E-state index contributed by atoms with van der Waals surface area (Å²) in [6.45, 7) is 4.37. The van der Waals surface area contributed by atoms with Crippen molar-refractivity contribution in [2.75, 3.05) is 7.11 Å². The van der Waals surface area contributed by atoms with Crippen molar-refractivity contribution in [3.05, 3.63) is 29.3 Å². The van der Waals surface area contributed by atoms with Crippen molar-refractivity contribution in [1.29, 1.82) is 0 Å². The molecule has 0 amide bonds. The largest absolute Gasteiger partial charge is 0.497 e. The van der Waals surface area contributed by atoms with E-state index in [0.29, 0.717) is 12.8 Å². The van der Waals surface area contributed by atoms with Gasteiger partial charge in [0.15, 0.2) is 5.78 Å². The first-order valence-electron chi connectivity index (χ1n) is 7.78. The molecule has 1 saturated carbocycles. The number of fused-ring (bicyclic) bond motifs is 2.